The van der Waals surface area contributed by atoms with Crippen LogP contribution in [0.25, 0.3) is 11.3 Å². The van der Waals surface area contributed by atoms with E-state index >= 15 is 0 Å². The number of benzene rings is 1. The summed E-state index contributed by atoms with van der Waals surface area (Å²) in [5.74, 6) is 1.40. The Morgan fingerprint density at radius 1 is 1.40 bits per heavy atom. The molecular weight excluding hydrogens is 316 g/mol. The van der Waals surface area contributed by atoms with Crippen LogP contribution in [0, 0.1) is 5.92 Å². The number of aliphatic hydroxyl groups is 1. The van der Waals surface area contributed by atoms with Crippen LogP contribution in [0.1, 0.15) is 32.0 Å². The van der Waals surface area contributed by atoms with Gasteiger partial charge < -0.3 is 20.3 Å². The molecule has 6 heteroatoms. The second kappa shape index (κ2) is 8.16. The Labute approximate surface area is 148 Å². The number of nitrogens with one attached hydrogen (secondary N) is 2. The first kappa shape index (κ1) is 17.5. The van der Waals surface area contributed by atoms with Gasteiger partial charge in [0.2, 0.25) is 0 Å². The van der Waals surface area contributed by atoms with Crippen molar-refractivity contribution in [2.75, 3.05) is 18.5 Å². The third kappa shape index (κ3) is 4.60. The molecule has 0 spiro atoms. The molecule has 3 rings (SSSR count). The Kier molecular flexibility index (Phi) is 5.71. The fourth-order valence-electron chi connectivity index (χ4n) is 3.07. The number of aryl methyl sites for hydroxylation is 2. The summed E-state index contributed by atoms with van der Waals surface area (Å²) in [5, 5.41) is 14.6. The Hall–Kier alpha value is -2.34. The average molecular weight is 342 g/mol. The van der Waals surface area contributed by atoms with Crippen molar-refractivity contribution in [2.45, 2.75) is 39.2 Å². The second-order valence-electron chi connectivity index (χ2n) is 6.73. The van der Waals surface area contributed by atoms with Crippen LogP contribution in [0.15, 0.2) is 30.5 Å². The van der Waals surface area contributed by atoms with Crippen molar-refractivity contribution in [3.05, 3.63) is 36.3 Å². The van der Waals surface area contributed by atoms with E-state index in [1.807, 2.05) is 31.2 Å². The van der Waals surface area contributed by atoms with Crippen LogP contribution in [-0.2, 0) is 13.0 Å². The van der Waals surface area contributed by atoms with Crippen molar-refractivity contribution in [3.63, 3.8) is 0 Å². The van der Waals surface area contributed by atoms with E-state index < -0.39 is 0 Å². The van der Waals surface area contributed by atoms with Crippen molar-refractivity contribution < 1.29 is 9.90 Å². The fourth-order valence-corrected chi connectivity index (χ4v) is 3.07. The van der Waals surface area contributed by atoms with Gasteiger partial charge in [0, 0.05) is 43.6 Å². The molecule has 0 bridgehead atoms. The minimum absolute atomic E-state index is 0.140. The number of imidazole rings is 1. The first-order valence-corrected chi connectivity index (χ1v) is 8.98. The number of carbonyl (C=O) groups is 1. The molecule has 0 aliphatic carbocycles. The zero-order valence-electron chi connectivity index (χ0n) is 14.7. The quantitative estimate of drug-likeness (QED) is 0.755. The molecule has 1 atom stereocenters. The lowest BCUT2D eigenvalue weighted by molar-refractivity contribution is 0.243. The van der Waals surface area contributed by atoms with Gasteiger partial charge in [0.05, 0.1) is 5.69 Å². The molecule has 1 aromatic heterocycles. The lowest BCUT2D eigenvalue weighted by Gasteiger charge is -2.12. The number of carbonyl (C=O) groups excluding carboxylic acids is 1. The summed E-state index contributed by atoms with van der Waals surface area (Å²) in [7, 11) is 0. The normalized spacial score (nSPS) is 14.6. The predicted octanol–water partition coefficient (Wildman–Crippen LogP) is 3.03. The molecule has 0 radical (unpaired) electrons. The number of hydrogen-bond donors (Lipinski definition) is 3. The number of rotatable bonds is 6. The number of urea groups is 1. The molecule has 2 heterocycles. The van der Waals surface area contributed by atoms with Gasteiger partial charge in [-0.15, -0.1) is 0 Å². The molecule has 134 valence electrons. The Morgan fingerprint density at radius 2 is 2.28 bits per heavy atom. The van der Waals surface area contributed by atoms with Gasteiger partial charge in [-0.25, -0.2) is 9.78 Å². The molecular formula is C19H26N4O2. The zero-order valence-corrected chi connectivity index (χ0v) is 14.7. The van der Waals surface area contributed by atoms with E-state index in [0.29, 0.717) is 13.0 Å². The van der Waals surface area contributed by atoms with Gasteiger partial charge in [-0.1, -0.05) is 19.1 Å². The molecule has 1 aliphatic rings. The standard InChI is InChI=1S/C19H26N4O2/c1-14(8-10-24)12-20-19(25)21-16-6-4-5-15(11-16)17-13-23-9-3-2-7-18(23)22-17/h4-6,11,13-14,24H,2-3,7-10,12H2,1H3,(H2,20,21,25)/t14-/m0/s1. The van der Waals surface area contributed by atoms with Crippen LogP contribution in [-0.4, -0.2) is 33.8 Å². The third-order valence-corrected chi connectivity index (χ3v) is 4.56. The molecule has 0 fully saturated rings. The lowest BCUT2D eigenvalue weighted by atomic mass is 10.1. The number of fused-ring (bicyclic) bond motifs is 1. The number of hydrogen-bond acceptors (Lipinski definition) is 3. The van der Waals surface area contributed by atoms with Gasteiger partial charge in [-0.3, -0.25) is 0 Å². The number of aliphatic hydroxyl groups excluding tert-OH is 1. The summed E-state index contributed by atoms with van der Waals surface area (Å²) in [6, 6.07) is 7.53. The maximum Gasteiger partial charge on any atom is 0.319 e. The number of amides is 2. The van der Waals surface area contributed by atoms with E-state index in [2.05, 4.69) is 21.4 Å². The maximum atomic E-state index is 12.0. The highest BCUT2D eigenvalue weighted by molar-refractivity contribution is 5.90. The highest BCUT2D eigenvalue weighted by Crippen LogP contribution is 2.24. The summed E-state index contributed by atoms with van der Waals surface area (Å²) in [5.41, 5.74) is 2.71. The lowest BCUT2D eigenvalue weighted by Crippen LogP contribution is -2.32. The van der Waals surface area contributed by atoms with Crippen molar-refractivity contribution >= 4 is 11.7 Å². The third-order valence-electron chi connectivity index (χ3n) is 4.56. The largest absolute Gasteiger partial charge is 0.396 e. The van der Waals surface area contributed by atoms with Crippen LogP contribution in [0.3, 0.4) is 0 Å². The predicted molar refractivity (Wildman–Crippen MR) is 98.5 cm³/mol. The molecule has 3 N–H and O–H groups in total. The fraction of sp³-hybridized carbons (Fsp3) is 0.474. The molecule has 25 heavy (non-hydrogen) atoms. The number of anilines is 1. The minimum atomic E-state index is -0.230. The van der Waals surface area contributed by atoms with E-state index in [9.17, 15) is 4.79 Å². The molecule has 0 unspecified atom stereocenters. The Bertz CT molecular complexity index is 702. The van der Waals surface area contributed by atoms with Crippen LogP contribution < -0.4 is 10.6 Å². The van der Waals surface area contributed by atoms with Gasteiger partial charge in [0.25, 0.3) is 0 Å². The molecule has 2 aromatic rings. The van der Waals surface area contributed by atoms with E-state index in [-0.39, 0.29) is 18.6 Å². The highest BCUT2D eigenvalue weighted by Gasteiger charge is 2.13. The average Bonchev–Trinajstić information content (AvgIpc) is 3.05. The Morgan fingerprint density at radius 3 is 3.08 bits per heavy atom. The number of nitrogens with zero attached hydrogens (tertiary/aromatic N) is 2. The SMILES string of the molecule is C[C@@H](CCO)CNC(=O)Nc1cccc(-c2cn3c(n2)CCCC3)c1. The molecule has 0 saturated heterocycles. The molecule has 2 amide bonds. The highest BCUT2D eigenvalue weighted by atomic mass is 16.3. The number of aromatic nitrogens is 2. The summed E-state index contributed by atoms with van der Waals surface area (Å²) < 4.78 is 2.23. The van der Waals surface area contributed by atoms with Crippen LogP contribution >= 0.6 is 0 Å². The van der Waals surface area contributed by atoms with Crippen LogP contribution in [0.4, 0.5) is 10.5 Å². The molecule has 6 nitrogen and oxygen atoms in total. The molecule has 0 saturated carbocycles. The van der Waals surface area contributed by atoms with Crippen LogP contribution in [0.2, 0.25) is 0 Å². The van der Waals surface area contributed by atoms with Gasteiger partial charge >= 0.3 is 6.03 Å². The summed E-state index contributed by atoms with van der Waals surface area (Å²) in [6.45, 7) is 3.72. The molecule has 1 aliphatic heterocycles. The van der Waals surface area contributed by atoms with Crippen molar-refractivity contribution in [2.24, 2.45) is 5.92 Å². The van der Waals surface area contributed by atoms with E-state index in [0.717, 1.165) is 35.7 Å². The minimum Gasteiger partial charge on any atom is -0.396 e. The van der Waals surface area contributed by atoms with Crippen molar-refractivity contribution in [1.82, 2.24) is 14.9 Å². The van der Waals surface area contributed by atoms with Gasteiger partial charge in [0.1, 0.15) is 5.82 Å². The van der Waals surface area contributed by atoms with Gasteiger partial charge in [-0.2, -0.15) is 0 Å². The van der Waals surface area contributed by atoms with Gasteiger partial charge in [-0.05, 0) is 37.3 Å². The van der Waals surface area contributed by atoms with E-state index in [1.54, 1.807) is 0 Å². The smallest absolute Gasteiger partial charge is 0.319 e. The first-order chi connectivity index (χ1) is 12.2. The maximum absolute atomic E-state index is 12.0. The summed E-state index contributed by atoms with van der Waals surface area (Å²) in [6.07, 6.45) is 6.23. The van der Waals surface area contributed by atoms with Crippen molar-refractivity contribution in [1.29, 1.82) is 0 Å². The van der Waals surface area contributed by atoms with Crippen LogP contribution in [0.5, 0.6) is 0 Å². The van der Waals surface area contributed by atoms with Crippen molar-refractivity contribution in [3.8, 4) is 11.3 Å². The summed E-state index contributed by atoms with van der Waals surface area (Å²) in [4.78, 5) is 16.8. The molecule has 1 aromatic carbocycles. The summed E-state index contributed by atoms with van der Waals surface area (Å²) >= 11 is 0. The van der Waals surface area contributed by atoms with E-state index in [4.69, 9.17) is 10.1 Å². The monoisotopic (exact) mass is 342 g/mol. The Balaban J connectivity index is 1.63. The van der Waals surface area contributed by atoms with E-state index in [1.165, 1.54) is 12.8 Å². The zero-order chi connectivity index (χ0) is 17.6. The first-order valence-electron chi connectivity index (χ1n) is 8.98. The topological polar surface area (TPSA) is 79.2 Å². The van der Waals surface area contributed by atoms with Gasteiger partial charge in [0.15, 0.2) is 0 Å². The second-order valence-corrected chi connectivity index (χ2v) is 6.73.